The molecule has 1 amide bonds. The molecule has 2 atom stereocenters. The first kappa shape index (κ1) is 23.1. The van der Waals surface area contributed by atoms with Crippen LogP contribution in [0, 0.1) is 5.92 Å². The smallest absolute Gasteiger partial charge is 0.242 e. The Morgan fingerprint density at radius 1 is 1.15 bits per heavy atom. The molecule has 2 aromatic rings. The lowest BCUT2D eigenvalue weighted by Gasteiger charge is -2.36. The molecule has 2 heterocycles. The third kappa shape index (κ3) is 5.63. The number of carbonyl (C=O) groups is 1. The number of aliphatic hydroxyl groups is 1. The number of allylic oxidation sites excluding steroid dienone is 1. The van der Waals surface area contributed by atoms with Gasteiger partial charge in [-0.05, 0) is 54.5 Å². The molecule has 0 spiro atoms. The van der Waals surface area contributed by atoms with Crippen LogP contribution in [0.3, 0.4) is 0 Å². The van der Waals surface area contributed by atoms with Crippen LogP contribution in [0.5, 0.6) is 0 Å². The number of para-hydroxylation sites is 1. The number of nitrogens with one attached hydrogen (secondary N) is 1. The molecule has 4 rings (SSSR count). The molecule has 0 saturated carbocycles. The van der Waals surface area contributed by atoms with Gasteiger partial charge in [0.2, 0.25) is 5.91 Å². The van der Waals surface area contributed by atoms with Crippen molar-refractivity contribution >= 4 is 23.5 Å². The number of likely N-dealkylation sites (N-methyl/N-ethyl adjacent to an activating group) is 1. The maximum atomic E-state index is 12.8. The van der Waals surface area contributed by atoms with E-state index in [0.29, 0.717) is 26.1 Å². The van der Waals surface area contributed by atoms with Crippen LogP contribution in [0.2, 0.25) is 0 Å². The molecule has 1 saturated heterocycles. The number of aliphatic hydroxyl groups excluding tert-OH is 1. The van der Waals surface area contributed by atoms with Gasteiger partial charge in [0.05, 0.1) is 25.0 Å². The van der Waals surface area contributed by atoms with E-state index < -0.39 is 6.10 Å². The number of hydrogen-bond acceptors (Lipinski definition) is 5. The summed E-state index contributed by atoms with van der Waals surface area (Å²) in [5.41, 5.74) is 4.51. The molecule has 0 bridgehead atoms. The Balaban J connectivity index is 1.32. The summed E-state index contributed by atoms with van der Waals surface area (Å²) in [5.74, 6) is 0.319. The summed E-state index contributed by atoms with van der Waals surface area (Å²) in [6, 6.07) is 18.2. The third-order valence-corrected chi connectivity index (χ3v) is 6.84. The topological polar surface area (TPSA) is 68.2 Å². The van der Waals surface area contributed by atoms with Crippen molar-refractivity contribution in [3.8, 4) is 0 Å². The molecule has 2 aliphatic rings. The second-order valence-electron chi connectivity index (χ2n) is 9.09. The summed E-state index contributed by atoms with van der Waals surface area (Å²) < 4.78 is 0. The van der Waals surface area contributed by atoms with Crippen LogP contribution in [-0.2, 0) is 4.79 Å². The van der Waals surface area contributed by atoms with Gasteiger partial charge in [-0.3, -0.25) is 9.79 Å². The van der Waals surface area contributed by atoms with Gasteiger partial charge in [-0.25, -0.2) is 0 Å². The zero-order valence-corrected chi connectivity index (χ0v) is 19.5. The number of carbonyl (C=O) groups excluding carboxylic acids is 1. The van der Waals surface area contributed by atoms with Crippen LogP contribution in [-0.4, -0.2) is 55.0 Å². The van der Waals surface area contributed by atoms with E-state index in [1.807, 2.05) is 65.5 Å². The number of aliphatic imine (C=N–C) groups is 1. The molecule has 6 nitrogen and oxygen atoms in total. The van der Waals surface area contributed by atoms with E-state index in [9.17, 15) is 9.90 Å². The zero-order chi connectivity index (χ0) is 23.2. The number of benzene rings is 2. The lowest BCUT2D eigenvalue weighted by Crippen LogP contribution is -2.45. The number of anilines is 1. The van der Waals surface area contributed by atoms with Gasteiger partial charge in [0, 0.05) is 38.4 Å². The highest BCUT2D eigenvalue weighted by Crippen LogP contribution is 2.33. The molecular formula is C27H34N4O2. The van der Waals surface area contributed by atoms with Crippen LogP contribution >= 0.6 is 0 Å². The van der Waals surface area contributed by atoms with Crippen LogP contribution < -0.4 is 10.2 Å². The van der Waals surface area contributed by atoms with Crippen molar-refractivity contribution in [3.05, 3.63) is 71.9 Å². The van der Waals surface area contributed by atoms with Crippen molar-refractivity contribution in [2.45, 2.75) is 38.3 Å². The van der Waals surface area contributed by atoms with E-state index in [1.54, 1.807) is 6.34 Å². The SMILES string of the molecule is CC1=CNC=NC(CC(O)C2CCN(C(=O)CN(C)c3ccccc3)CC2)c2ccccc21. The Bertz CT molecular complexity index is 996. The van der Waals surface area contributed by atoms with Gasteiger partial charge >= 0.3 is 0 Å². The summed E-state index contributed by atoms with van der Waals surface area (Å²) in [6.45, 7) is 3.83. The van der Waals surface area contributed by atoms with Crippen molar-refractivity contribution < 1.29 is 9.90 Å². The van der Waals surface area contributed by atoms with Gasteiger partial charge in [0.25, 0.3) is 0 Å². The van der Waals surface area contributed by atoms with Crippen LogP contribution in [0.25, 0.3) is 5.57 Å². The highest BCUT2D eigenvalue weighted by Gasteiger charge is 2.30. The number of likely N-dealkylation sites (tertiary alicyclic amines) is 1. The molecule has 174 valence electrons. The largest absolute Gasteiger partial charge is 0.393 e. The minimum absolute atomic E-state index is 0.0912. The predicted octanol–water partition coefficient (Wildman–Crippen LogP) is 3.85. The van der Waals surface area contributed by atoms with Gasteiger partial charge in [-0.2, -0.15) is 0 Å². The van der Waals surface area contributed by atoms with Crippen molar-refractivity contribution in [3.63, 3.8) is 0 Å². The van der Waals surface area contributed by atoms with E-state index in [0.717, 1.165) is 29.7 Å². The Morgan fingerprint density at radius 2 is 1.85 bits per heavy atom. The second-order valence-corrected chi connectivity index (χ2v) is 9.09. The first-order valence-electron chi connectivity index (χ1n) is 11.8. The normalized spacial score (nSPS) is 19.5. The number of piperidine rings is 1. The Kier molecular flexibility index (Phi) is 7.45. The third-order valence-electron chi connectivity index (χ3n) is 6.84. The summed E-state index contributed by atoms with van der Waals surface area (Å²) in [7, 11) is 1.95. The van der Waals surface area contributed by atoms with Gasteiger partial charge < -0.3 is 20.2 Å². The van der Waals surface area contributed by atoms with Crippen LogP contribution in [0.15, 0.2) is 65.8 Å². The molecular weight excluding hydrogens is 412 g/mol. The average Bonchev–Trinajstić information content (AvgIpc) is 2.85. The first-order chi connectivity index (χ1) is 16.0. The highest BCUT2D eigenvalue weighted by atomic mass is 16.3. The Hall–Kier alpha value is -3.12. The van der Waals surface area contributed by atoms with Crippen molar-refractivity contribution in [2.24, 2.45) is 10.9 Å². The summed E-state index contributed by atoms with van der Waals surface area (Å²) in [5, 5.41) is 14.2. The van der Waals surface area contributed by atoms with E-state index in [-0.39, 0.29) is 17.9 Å². The van der Waals surface area contributed by atoms with E-state index in [1.165, 1.54) is 5.56 Å². The summed E-state index contributed by atoms with van der Waals surface area (Å²) >= 11 is 0. The number of hydrogen-bond donors (Lipinski definition) is 2. The number of fused-ring (bicyclic) bond motifs is 1. The van der Waals surface area contributed by atoms with Crippen molar-refractivity contribution in [1.29, 1.82) is 0 Å². The number of amides is 1. The van der Waals surface area contributed by atoms with Gasteiger partial charge in [-0.15, -0.1) is 0 Å². The van der Waals surface area contributed by atoms with Crippen LogP contribution in [0.1, 0.15) is 43.4 Å². The lowest BCUT2D eigenvalue weighted by molar-refractivity contribution is -0.131. The number of nitrogens with zero attached hydrogens (tertiary/aromatic N) is 3. The standard InChI is InChI=1S/C27H34N4O2/c1-20-17-28-19-29-25(24-11-7-6-10-23(20)24)16-26(32)21-12-14-31(15-13-21)27(33)18-30(2)22-8-4-3-5-9-22/h3-11,17,19,21,25-26,32H,12-16,18H2,1-2H3,(H,28,29). The summed E-state index contributed by atoms with van der Waals surface area (Å²) in [6.07, 6.45) is 5.44. The van der Waals surface area contributed by atoms with Crippen molar-refractivity contribution in [2.75, 3.05) is 31.6 Å². The molecule has 1 fully saturated rings. The molecule has 2 aliphatic heterocycles. The maximum absolute atomic E-state index is 12.8. The fraction of sp³-hybridized carbons (Fsp3) is 0.407. The predicted molar refractivity (Wildman–Crippen MR) is 134 cm³/mol. The molecule has 2 unspecified atom stereocenters. The minimum atomic E-state index is -0.451. The van der Waals surface area contributed by atoms with Crippen molar-refractivity contribution in [1.82, 2.24) is 10.2 Å². The van der Waals surface area contributed by atoms with E-state index in [4.69, 9.17) is 0 Å². The minimum Gasteiger partial charge on any atom is -0.393 e. The zero-order valence-electron chi connectivity index (χ0n) is 19.5. The fourth-order valence-electron chi connectivity index (χ4n) is 4.82. The molecule has 6 heteroatoms. The molecule has 33 heavy (non-hydrogen) atoms. The molecule has 2 aromatic carbocycles. The number of rotatable bonds is 6. The maximum Gasteiger partial charge on any atom is 0.242 e. The van der Waals surface area contributed by atoms with E-state index in [2.05, 4.69) is 29.4 Å². The highest BCUT2D eigenvalue weighted by molar-refractivity contribution is 5.81. The van der Waals surface area contributed by atoms with Gasteiger partial charge in [0.15, 0.2) is 0 Å². The second kappa shape index (κ2) is 10.7. The summed E-state index contributed by atoms with van der Waals surface area (Å²) in [4.78, 5) is 21.4. The monoisotopic (exact) mass is 446 g/mol. The Labute approximate surface area is 196 Å². The molecule has 0 aromatic heterocycles. The average molecular weight is 447 g/mol. The lowest BCUT2D eigenvalue weighted by atomic mass is 9.85. The fourth-order valence-corrected chi connectivity index (χ4v) is 4.82. The van der Waals surface area contributed by atoms with Gasteiger partial charge in [-0.1, -0.05) is 42.5 Å². The molecule has 0 aliphatic carbocycles. The molecule has 2 N–H and O–H groups in total. The Morgan fingerprint density at radius 3 is 2.61 bits per heavy atom. The van der Waals surface area contributed by atoms with E-state index >= 15 is 0 Å². The quantitative estimate of drug-likeness (QED) is 0.707. The van der Waals surface area contributed by atoms with Gasteiger partial charge in [0.1, 0.15) is 0 Å². The molecule has 0 radical (unpaired) electrons. The van der Waals surface area contributed by atoms with Crippen LogP contribution in [0.4, 0.5) is 5.69 Å². The first-order valence-corrected chi connectivity index (χ1v) is 11.8.